The van der Waals surface area contributed by atoms with E-state index in [1.54, 1.807) is 35.5 Å². The van der Waals surface area contributed by atoms with Gasteiger partial charge in [0.2, 0.25) is 5.91 Å². The molecule has 0 saturated heterocycles. The second kappa shape index (κ2) is 6.72. The van der Waals surface area contributed by atoms with Crippen LogP contribution in [-0.2, 0) is 10.5 Å². The molecule has 0 saturated carbocycles. The monoisotopic (exact) mass is 296 g/mol. The van der Waals surface area contributed by atoms with E-state index < -0.39 is 0 Å². The van der Waals surface area contributed by atoms with Crippen molar-refractivity contribution in [3.8, 4) is 0 Å². The van der Waals surface area contributed by atoms with Gasteiger partial charge in [-0.05, 0) is 13.8 Å². The van der Waals surface area contributed by atoms with Crippen LogP contribution >= 0.6 is 23.1 Å². The lowest BCUT2D eigenvalue weighted by molar-refractivity contribution is -0.119. The Balaban J connectivity index is 1.70. The number of nitrogens with zero attached hydrogens (tertiary/aromatic N) is 2. The van der Waals surface area contributed by atoms with Crippen LogP contribution in [0.4, 0.5) is 0 Å². The van der Waals surface area contributed by atoms with E-state index in [0.29, 0.717) is 5.75 Å². The third kappa shape index (κ3) is 4.36. The van der Waals surface area contributed by atoms with Crippen LogP contribution < -0.4 is 5.32 Å². The topological polar surface area (TPSA) is 70.7 Å². The molecule has 1 atom stereocenters. The van der Waals surface area contributed by atoms with Gasteiger partial charge in [-0.2, -0.15) is 0 Å². The molecule has 0 fully saturated rings. The fraction of sp³-hybridized carbons (Fsp3) is 0.417. The SMILES string of the molecule is Cc1nc(CSCC(=O)NC(C)c2ncc[nH]2)cs1. The molecule has 1 amide bonds. The molecule has 7 heteroatoms. The van der Waals surface area contributed by atoms with Crippen molar-refractivity contribution in [1.82, 2.24) is 20.3 Å². The molecular weight excluding hydrogens is 280 g/mol. The van der Waals surface area contributed by atoms with E-state index in [-0.39, 0.29) is 11.9 Å². The minimum atomic E-state index is -0.0929. The summed E-state index contributed by atoms with van der Waals surface area (Å²) in [4.78, 5) is 23.2. The van der Waals surface area contributed by atoms with Crippen molar-refractivity contribution >= 4 is 29.0 Å². The summed E-state index contributed by atoms with van der Waals surface area (Å²) < 4.78 is 0. The van der Waals surface area contributed by atoms with Gasteiger partial charge < -0.3 is 10.3 Å². The maximum absolute atomic E-state index is 11.8. The first-order valence-electron chi connectivity index (χ1n) is 5.92. The minimum absolute atomic E-state index is 0.0147. The summed E-state index contributed by atoms with van der Waals surface area (Å²) in [6.45, 7) is 3.89. The lowest BCUT2D eigenvalue weighted by atomic mass is 10.3. The molecule has 2 aromatic heterocycles. The molecule has 0 bridgehead atoms. The number of aromatic nitrogens is 3. The van der Waals surface area contributed by atoms with Gasteiger partial charge in [0.15, 0.2) is 0 Å². The zero-order valence-corrected chi connectivity index (χ0v) is 12.5. The first-order chi connectivity index (χ1) is 9.15. The number of aryl methyl sites for hydroxylation is 1. The molecule has 2 aromatic rings. The maximum Gasteiger partial charge on any atom is 0.230 e. The van der Waals surface area contributed by atoms with Crippen molar-refractivity contribution in [3.63, 3.8) is 0 Å². The van der Waals surface area contributed by atoms with E-state index in [0.717, 1.165) is 22.3 Å². The summed E-state index contributed by atoms with van der Waals surface area (Å²) in [5, 5.41) is 6.00. The molecule has 102 valence electrons. The molecular formula is C12H16N4OS2. The molecule has 5 nitrogen and oxygen atoms in total. The number of carbonyl (C=O) groups excluding carboxylic acids is 1. The second-order valence-corrected chi connectivity index (χ2v) is 6.16. The molecule has 2 heterocycles. The van der Waals surface area contributed by atoms with Crippen LogP contribution in [0.3, 0.4) is 0 Å². The van der Waals surface area contributed by atoms with Gasteiger partial charge in [-0.15, -0.1) is 23.1 Å². The Bertz CT molecular complexity index is 524. The second-order valence-electron chi connectivity index (χ2n) is 4.11. The van der Waals surface area contributed by atoms with Crippen LogP contribution in [0.1, 0.15) is 29.5 Å². The molecule has 2 rings (SSSR count). The van der Waals surface area contributed by atoms with Gasteiger partial charge in [-0.1, -0.05) is 0 Å². The molecule has 0 aromatic carbocycles. The maximum atomic E-state index is 11.8. The Morgan fingerprint density at radius 2 is 2.47 bits per heavy atom. The number of nitrogens with one attached hydrogen (secondary N) is 2. The number of amides is 1. The number of H-pyrrole nitrogens is 1. The van der Waals surface area contributed by atoms with Crippen LogP contribution in [0.15, 0.2) is 17.8 Å². The molecule has 0 aliphatic rings. The largest absolute Gasteiger partial charge is 0.347 e. The summed E-state index contributed by atoms with van der Waals surface area (Å²) in [5.41, 5.74) is 1.04. The fourth-order valence-corrected chi connectivity index (χ4v) is 3.03. The standard InChI is InChI=1S/C12H16N4OS2/c1-8(12-13-3-4-14-12)15-11(17)7-18-5-10-6-19-9(2)16-10/h3-4,6,8H,5,7H2,1-2H3,(H,13,14)(H,15,17). The third-order valence-corrected chi connectivity index (χ3v) is 4.25. The van der Waals surface area contributed by atoms with Crippen LogP contribution in [0.2, 0.25) is 0 Å². The number of thioether (sulfide) groups is 1. The van der Waals surface area contributed by atoms with Gasteiger partial charge in [0.25, 0.3) is 0 Å². The first-order valence-corrected chi connectivity index (χ1v) is 7.96. The smallest absolute Gasteiger partial charge is 0.230 e. The molecule has 1 unspecified atom stereocenters. The lowest BCUT2D eigenvalue weighted by Crippen LogP contribution is -2.28. The molecule has 0 aliphatic carbocycles. The van der Waals surface area contributed by atoms with Gasteiger partial charge in [0.05, 0.1) is 22.5 Å². The Morgan fingerprint density at radius 1 is 1.63 bits per heavy atom. The van der Waals surface area contributed by atoms with Crippen molar-refractivity contribution in [3.05, 3.63) is 34.3 Å². The van der Waals surface area contributed by atoms with E-state index in [4.69, 9.17) is 0 Å². The normalized spacial score (nSPS) is 12.3. The van der Waals surface area contributed by atoms with E-state index in [1.165, 1.54) is 0 Å². The Hall–Kier alpha value is -1.34. The van der Waals surface area contributed by atoms with Crippen LogP contribution in [0.25, 0.3) is 0 Å². The summed E-state index contributed by atoms with van der Waals surface area (Å²) in [6.07, 6.45) is 3.43. The van der Waals surface area contributed by atoms with Crippen molar-refractivity contribution in [2.75, 3.05) is 5.75 Å². The van der Waals surface area contributed by atoms with E-state index in [9.17, 15) is 4.79 Å². The minimum Gasteiger partial charge on any atom is -0.347 e. The lowest BCUT2D eigenvalue weighted by Gasteiger charge is -2.10. The van der Waals surface area contributed by atoms with E-state index in [2.05, 4.69) is 20.3 Å². The molecule has 0 spiro atoms. The number of hydrogen-bond acceptors (Lipinski definition) is 5. The Labute approximate surface area is 120 Å². The third-order valence-electron chi connectivity index (χ3n) is 2.46. The van der Waals surface area contributed by atoms with Gasteiger partial charge in [0.1, 0.15) is 5.82 Å². The molecule has 0 radical (unpaired) electrons. The van der Waals surface area contributed by atoms with Gasteiger partial charge in [-0.25, -0.2) is 9.97 Å². The van der Waals surface area contributed by atoms with Gasteiger partial charge in [0, 0.05) is 23.5 Å². The predicted octanol–water partition coefficient (Wildman–Crippen LogP) is 2.29. The van der Waals surface area contributed by atoms with Crippen LogP contribution in [-0.4, -0.2) is 26.6 Å². The number of thiazole rings is 1. The quantitative estimate of drug-likeness (QED) is 0.858. The average Bonchev–Trinajstić information content (AvgIpc) is 3.00. The summed E-state index contributed by atoms with van der Waals surface area (Å²) in [5.74, 6) is 1.99. The van der Waals surface area contributed by atoms with Crippen molar-refractivity contribution < 1.29 is 4.79 Å². The highest BCUT2D eigenvalue weighted by Gasteiger charge is 2.11. The van der Waals surface area contributed by atoms with Crippen molar-refractivity contribution in [2.45, 2.75) is 25.6 Å². The zero-order valence-electron chi connectivity index (χ0n) is 10.8. The first kappa shape index (κ1) is 14.1. The van der Waals surface area contributed by atoms with Crippen molar-refractivity contribution in [1.29, 1.82) is 0 Å². The number of imidazole rings is 1. The van der Waals surface area contributed by atoms with Gasteiger partial charge in [-0.3, -0.25) is 4.79 Å². The van der Waals surface area contributed by atoms with Crippen molar-refractivity contribution in [2.24, 2.45) is 0 Å². The molecule has 19 heavy (non-hydrogen) atoms. The highest BCUT2D eigenvalue weighted by atomic mass is 32.2. The van der Waals surface area contributed by atoms with E-state index >= 15 is 0 Å². The van der Waals surface area contributed by atoms with E-state index in [1.807, 2.05) is 19.2 Å². The van der Waals surface area contributed by atoms with Gasteiger partial charge >= 0.3 is 0 Å². The number of aromatic amines is 1. The number of rotatable bonds is 6. The predicted molar refractivity (Wildman–Crippen MR) is 78.2 cm³/mol. The Kier molecular flexibility index (Phi) is 4.98. The summed E-state index contributed by atoms with van der Waals surface area (Å²) in [6, 6.07) is -0.0929. The highest BCUT2D eigenvalue weighted by molar-refractivity contribution is 7.99. The average molecular weight is 296 g/mol. The number of carbonyl (C=O) groups is 1. The van der Waals surface area contributed by atoms with Crippen LogP contribution in [0, 0.1) is 6.92 Å². The van der Waals surface area contributed by atoms with Crippen LogP contribution in [0.5, 0.6) is 0 Å². The Morgan fingerprint density at radius 3 is 3.11 bits per heavy atom. The molecule has 0 aliphatic heterocycles. The number of hydrogen-bond donors (Lipinski definition) is 2. The summed E-state index contributed by atoms with van der Waals surface area (Å²) in [7, 11) is 0. The summed E-state index contributed by atoms with van der Waals surface area (Å²) >= 11 is 3.20. The molecule has 2 N–H and O–H groups in total. The zero-order chi connectivity index (χ0) is 13.7. The fourth-order valence-electron chi connectivity index (χ4n) is 1.59. The highest BCUT2D eigenvalue weighted by Crippen LogP contribution is 2.15.